The summed E-state index contributed by atoms with van der Waals surface area (Å²) in [5.74, 6) is -47.6. The van der Waals surface area contributed by atoms with Crippen LogP contribution in [0.1, 0.15) is 27.7 Å². The van der Waals surface area contributed by atoms with Gasteiger partial charge in [-0.1, -0.05) is 0 Å². The van der Waals surface area contributed by atoms with Crippen LogP contribution < -0.4 is 16.4 Å². The molecule has 0 radical (unpaired) electrons. The standard InChI is InChI=1S/C28H17BF15NO2/c1-7(2)45(8(3)4)28-46-6-9(47-28)5-29(10-13(30)19(36)25(42)20(37)14(10)31,11-15(32)21(38)26(43)22(39)16(11)33)12-17(34)23(40)27(44)24(41)18(12)35/h5,7-8H,6H2,1-4H3/b9-5+. The Labute approximate surface area is 254 Å². The maximum Gasteiger partial charge on any atom is 0.555 e. The lowest BCUT2D eigenvalue weighted by atomic mass is 9.15. The highest BCUT2D eigenvalue weighted by Crippen LogP contribution is 2.30. The average molecular weight is 695 g/mol. The summed E-state index contributed by atoms with van der Waals surface area (Å²) in [4.78, 5) is 0. The lowest BCUT2D eigenvalue weighted by molar-refractivity contribution is -0.600. The van der Waals surface area contributed by atoms with Crippen molar-refractivity contribution >= 4 is 28.6 Å². The minimum Gasteiger partial charge on any atom is -0.406 e. The molecule has 1 saturated heterocycles. The molecule has 3 nitrogen and oxygen atoms in total. The molecule has 1 aliphatic heterocycles. The first-order chi connectivity index (χ1) is 21.7. The van der Waals surface area contributed by atoms with E-state index in [9.17, 15) is 39.5 Å². The Hall–Kier alpha value is -4.32. The third-order valence-corrected chi connectivity index (χ3v) is 7.41. The normalized spacial score (nSPS) is 14.5. The second kappa shape index (κ2) is 12.4. The van der Waals surface area contributed by atoms with E-state index in [1.807, 2.05) is 0 Å². The van der Waals surface area contributed by atoms with Gasteiger partial charge in [0.05, 0.1) is 0 Å². The first-order valence-electron chi connectivity index (χ1n) is 13.1. The van der Waals surface area contributed by atoms with Gasteiger partial charge >= 0.3 is 6.08 Å². The average Bonchev–Trinajstić information content (AvgIpc) is 3.45. The first-order valence-corrected chi connectivity index (χ1v) is 13.1. The maximum atomic E-state index is 15.6. The summed E-state index contributed by atoms with van der Waals surface area (Å²) in [6.07, 6.45) is -6.48. The van der Waals surface area contributed by atoms with Crippen LogP contribution in [0.2, 0.25) is 0 Å². The summed E-state index contributed by atoms with van der Waals surface area (Å²) in [5, 5.41) is 0. The Morgan fingerprint density at radius 3 is 0.979 bits per heavy atom. The van der Waals surface area contributed by atoms with Crippen molar-refractivity contribution in [3.05, 3.63) is 99.0 Å². The Balaban J connectivity index is 2.43. The largest absolute Gasteiger partial charge is 0.555 e. The summed E-state index contributed by atoms with van der Waals surface area (Å²) in [5.41, 5.74) is -8.29. The van der Waals surface area contributed by atoms with Crippen LogP contribution in [0.15, 0.2) is 11.7 Å². The van der Waals surface area contributed by atoms with Gasteiger partial charge in [-0.25, -0.2) is 65.9 Å². The van der Waals surface area contributed by atoms with Crippen molar-refractivity contribution in [2.45, 2.75) is 39.8 Å². The fraction of sp³-hybridized carbons (Fsp3) is 0.250. The molecule has 1 aliphatic rings. The maximum absolute atomic E-state index is 15.6. The number of hydrogen-bond donors (Lipinski definition) is 0. The molecule has 0 unspecified atom stereocenters. The van der Waals surface area contributed by atoms with E-state index in [0.29, 0.717) is 0 Å². The van der Waals surface area contributed by atoms with Gasteiger partial charge in [-0.2, -0.15) is 10.6 Å². The van der Waals surface area contributed by atoms with Crippen molar-refractivity contribution in [3.63, 3.8) is 0 Å². The molecule has 0 aromatic heterocycles. The van der Waals surface area contributed by atoms with E-state index in [-0.39, 0.29) is 5.98 Å². The highest BCUT2D eigenvalue weighted by molar-refractivity contribution is 7.15. The molecule has 0 bridgehead atoms. The summed E-state index contributed by atoms with van der Waals surface area (Å²) < 4.78 is 236. The van der Waals surface area contributed by atoms with Gasteiger partial charge < -0.3 is 9.47 Å². The molecule has 0 saturated carbocycles. The molecule has 0 atom stereocenters. The van der Waals surface area contributed by atoms with Crippen LogP contribution in [-0.2, 0) is 9.47 Å². The van der Waals surface area contributed by atoms with Gasteiger partial charge in [0.1, 0.15) is 46.8 Å². The molecule has 0 aliphatic carbocycles. The van der Waals surface area contributed by atoms with Crippen molar-refractivity contribution in [1.82, 2.24) is 0 Å². The number of rotatable bonds is 6. The molecule has 0 amide bonds. The van der Waals surface area contributed by atoms with Gasteiger partial charge in [0.2, 0.25) is 0 Å². The molecular weight excluding hydrogens is 678 g/mol. The van der Waals surface area contributed by atoms with Crippen molar-refractivity contribution < 1.29 is 79.9 Å². The number of benzene rings is 3. The van der Waals surface area contributed by atoms with Crippen molar-refractivity contribution in [1.29, 1.82) is 0 Å². The van der Waals surface area contributed by atoms with Crippen LogP contribution >= 0.6 is 0 Å². The highest BCUT2D eigenvalue weighted by atomic mass is 19.2. The van der Waals surface area contributed by atoms with E-state index >= 15 is 26.3 Å². The summed E-state index contributed by atoms with van der Waals surface area (Å²) >= 11 is 0. The molecule has 4 rings (SSSR count). The number of halogens is 15. The Morgan fingerprint density at radius 2 is 0.723 bits per heavy atom. The van der Waals surface area contributed by atoms with Gasteiger partial charge in [0.15, 0.2) is 71.0 Å². The third-order valence-electron chi connectivity index (χ3n) is 7.41. The van der Waals surface area contributed by atoms with Crippen LogP contribution in [0.3, 0.4) is 0 Å². The highest BCUT2D eigenvalue weighted by Gasteiger charge is 2.48. The number of hydrogen-bond acceptors (Lipinski definition) is 2. The topological polar surface area (TPSA) is 21.5 Å². The van der Waals surface area contributed by atoms with Crippen LogP contribution in [0.4, 0.5) is 65.9 Å². The second-order valence-electron chi connectivity index (χ2n) is 10.8. The second-order valence-corrected chi connectivity index (χ2v) is 10.8. The monoisotopic (exact) mass is 695 g/mol. The Morgan fingerprint density at radius 1 is 0.468 bits per heavy atom. The van der Waals surface area contributed by atoms with Gasteiger partial charge in [-0.05, 0) is 27.7 Å². The van der Waals surface area contributed by atoms with Gasteiger partial charge in [0.25, 0.3) is 0 Å². The zero-order valence-corrected chi connectivity index (χ0v) is 23.9. The predicted octanol–water partition coefficient (Wildman–Crippen LogP) is 5.90. The Kier molecular flexibility index (Phi) is 9.35. The van der Waals surface area contributed by atoms with E-state index in [4.69, 9.17) is 9.47 Å². The minimum absolute atomic E-state index is 0.277. The summed E-state index contributed by atoms with van der Waals surface area (Å²) in [6.45, 7) is 5.10. The molecule has 1 heterocycles. The minimum atomic E-state index is -5.90. The molecule has 1 fully saturated rings. The van der Waals surface area contributed by atoms with E-state index in [1.165, 1.54) is 4.58 Å². The molecule has 47 heavy (non-hydrogen) atoms. The van der Waals surface area contributed by atoms with Crippen molar-refractivity contribution in [2.75, 3.05) is 6.61 Å². The van der Waals surface area contributed by atoms with Crippen LogP contribution in [0.25, 0.3) is 0 Å². The summed E-state index contributed by atoms with van der Waals surface area (Å²) in [7, 11) is 0. The number of ether oxygens (including phenoxy) is 2. The molecule has 254 valence electrons. The van der Waals surface area contributed by atoms with Crippen molar-refractivity contribution in [2.24, 2.45) is 0 Å². The van der Waals surface area contributed by atoms with E-state index < -0.39 is 140 Å². The van der Waals surface area contributed by atoms with Gasteiger partial charge in [0, 0.05) is 0 Å². The zero-order chi connectivity index (χ0) is 35.6. The lowest BCUT2D eigenvalue weighted by Gasteiger charge is -2.41. The fourth-order valence-corrected chi connectivity index (χ4v) is 5.56. The molecule has 3 aromatic rings. The fourth-order valence-electron chi connectivity index (χ4n) is 5.56. The Bertz CT molecular complexity index is 1630. The molecular formula is C28H17BF15NO2. The molecule has 19 heteroatoms. The van der Waals surface area contributed by atoms with Gasteiger partial charge in [-0.15, -0.1) is 16.4 Å². The molecule has 0 N–H and O–H groups in total. The lowest BCUT2D eigenvalue weighted by Crippen LogP contribution is -2.72. The van der Waals surface area contributed by atoms with E-state index in [0.717, 1.165) is 0 Å². The first kappa shape index (κ1) is 35.5. The SMILES string of the molecule is CC(C)[N+](=C1OC/C(=C\[B-](c2c(F)c(F)c(F)c(F)c2F)(c2c(F)c(F)c(F)c(F)c2F)c2c(F)c(F)c(F)c(F)c2F)O1)C(C)C. The quantitative estimate of drug-likeness (QED) is 0.106. The predicted molar refractivity (Wildman–Crippen MR) is 134 cm³/mol. The van der Waals surface area contributed by atoms with Crippen LogP contribution in [0, 0.1) is 87.3 Å². The van der Waals surface area contributed by atoms with Crippen molar-refractivity contribution in [3.8, 4) is 0 Å². The van der Waals surface area contributed by atoms with Gasteiger partial charge in [-0.3, -0.25) is 0 Å². The van der Waals surface area contributed by atoms with E-state index in [2.05, 4.69) is 0 Å². The smallest absolute Gasteiger partial charge is 0.406 e. The van der Waals surface area contributed by atoms with Crippen LogP contribution in [0.5, 0.6) is 0 Å². The number of nitrogens with zero attached hydrogens (tertiary/aromatic N) is 1. The van der Waals surface area contributed by atoms with Crippen LogP contribution in [-0.4, -0.2) is 35.5 Å². The summed E-state index contributed by atoms with van der Waals surface area (Å²) in [6, 6.07) is -1.06. The zero-order valence-electron chi connectivity index (χ0n) is 23.9. The van der Waals surface area contributed by atoms with E-state index in [1.54, 1.807) is 27.7 Å². The molecule has 3 aromatic carbocycles. The molecule has 0 spiro atoms. The third kappa shape index (κ3) is 5.26.